The van der Waals surface area contributed by atoms with Gasteiger partial charge in [-0.3, -0.25) is 0 Å². The van der Waals surface area contributed by atoms with Crippen molar-refractivity contribution in [3.05, 3.63) is 98.7 Å². The van der Waals surface area contributed by atoms with Crippen molar-refractivity contribution in [1.29, 1.82) is 0 Å². The molecule has 33 heavy (non-hydrogen) atoms. The third-order valence-corrected chi connectivity index (χ3v) is 5.28. The van der Waals surface area contributed by atoms with E-state index in [1.54, 1.807) is 30.3 Å². The summed E-state index contributed by atoms with van der Waals surface area (Å²) in [5.74, 6) is -0.496. The molecule has 0 saturated heterocycles. The van der Waals surface area contributed by atoms with E-state index in [1.807, 2.05) is 31.2 Å². The number of rotatable bonds is 5. The third kappa shape index (κ3) is 5.08. The SMILES string of the molecule is COc1cc(/C=C2\N=C(c3cccc(C)c3)OC2=O)ccc1OC(=O)c1ccc(Cl)cc1Cl. The molecule has 0 spiro atoms. The van der Waals surface area contributed by atoms with Crippen molar-refractivity contribution < 1.29 is 23.8 Å². The van der Waals surface area contributed by atoms with E-state index >= 15 is 0 Å². The molecule has 166 valence electrons. The van der Waals surface area contributed by atoms with Crippen molar-refractivity contribution in [2.45, 2.75) is 6.92 Å². The first-order valence-corrected chi connectivity index (χ1v) is 10.5. The molecule has 1 aliphatic heterocycles. The standard InChI is InChI=1S/C25H17Cl2NO5/c1-14-4-3-5-16(10-14)23-28-20(25(30)33-23)11-15-6-9-21(22(12-15)31-2)32-24(29)18-8-7-17(26)13-19(18)27/h3-13H,1-2H3/b20-11-. The van der Waals surface area contributed by atoms with Crippen LogP contribution in [0.15, 0.2) is 71.4 Å². The Balaban J connectivity index is 1.58. The highest BCUT2D eigenvalue weighted by molar-refractivity contribution is 6.36. The lowest BCUT2D eigenvalue weighted by molar-refractivity contribution is -0.129. The van der Waals surface area contributed by atoms with Crippen molar-refractivity contribution in [3.8, 4) is 11.5 Å². The quantitative estimate of drug-likeness (QED) is 0.258. The predicted molar refractivity (Wildman–Crippen MR) is 126 cm³/mol. The van der Waals surface area contributed by atoms with Crippen molar-refractivity contribution in [2.75, 3.05) is 7.11 Å². The van der Waals surface area contributed by atoms with E-state index in [9.17, 15) is 9.59 Å². The van der Waals surface area contributed by atoms with Gasteiger partial charge in [-0.2, -0.15) is 0 Å². The van der Waals surface area contributed by atoms with Gasteiger partial charge in [0, 0.05) is 10.6 Å². The Morgan fingerprint density at radius 2 is 1.85 bits per heavy atom. The largest absolute Gasteiger partial charge is 0.493 e. The zero-order valence-corrected chi connectivity index (χ0v) is 19.1. The molecule has 0 radical (unpaired) electrons. The van der Waals surface area contributed by atoms with Crippen LogP contribution in [0.4, 0.5) is 0 Å². The lowest BCUT2D eigenvalue weighted by atomic mass is 10.1. The number of cyclic esters (lactones) is 1. The number of carbonyl (C=O) groups is 2. The molecule has 0 atom stereocenters. The maximum absolute atomic E-state index is 12.5. The highest BCUT2D eigenvalue weighted by Gasteiger charge is 2.24. The van der Waals surface area contributed by atoms with Crippen LogP contribution in [0.5, 0.6) is 11.5 Å². The zero-order valence-electron chi connectivity index (χ0n) is 17.6. The molecular weight excluding hydrogens is 465 g/mol. The number of nitrogens with zero attached hydrogens (tertiary/aromatic N) is 1. The molecule has 0 aliphatic carbocycles. The number of ether oxygens (including phenoxy) is 3. The normalized spacial score (nSPS) is 14.1. The summed E-state index contributed by atoms with van der Waals surface area (Å²) >= 11 is 12.0. The molecule has 0 amide bonds. The average Bonchev–Trinajstić information content (AvgIpc) is 3.15. The number of hydrogen-bond donors (Lipinski definition) is 0. The fraction of sp³-hybridized carbons (Fsp3) is 0.0800. The van der Waals surface area contributed by atoms with Gasteiger partial charge in [0.15, 0.2) is 17.2 Å². The van der Waals surface area contributed by atoms with E-state index in [0.29, 0.717) is 16.1 Å². The van der Waals surface area contributed by atoms with Gasteiger partial charge in [0.25, 0.3) is 0 Å². The number of hydrogen-bond acceptors (Lipinski definition) is 6. The van der Waals surface area contributed by atoms with Crippen LogP contribution in [0.1, 0.15) is 27.0 Å². The van der Waals surface area contributed by atoms with E-state index in [2.05, 4.69) is 4.99 Å². The summed E-state index contributed by atoms with van der Waals surface area (Å²) in [4.78, 5) is 29.1. The summed E-state index contributed by atoms with van der Waals surface area (Å²) in [5.41, 5.74) is 2.66. The highest BCUT2D eigenvalue weighted by Crippen LogP contribution is 2.31. The van der Waals surface area contributed by atoms with E-state index in [4.69, 9.17) is 37.4 Å². The maximum Gasteiger partial charge on any atom is 0.363 e. The number of aliphatic imine (C=N–C) groups is 1. The molecule has 0 saturated carbocycles. The van der Waals surface area contributed by atoms with Gasteiger partial charge in [-0.15, -0.1) is 0 Å². The van der Waals surface area contributed by atoms with Crippen LogP contribution in [0.25, 0.3) is 6.08 Å². The second kappa shape index (κ2) is 9.48. The molecule has 3 aromatic carbocycles. The van der Waals surface area contributed by atoms with Gasteiger partial charge < -0.3 is 14.2 Å². The van der Waals surface area contributed by atoms with Crippen LogP contribution in [0.3, 0.4) is 0 Å². The van der Waals surface area contributed by atoms with Crippen molar-refractivity contribution in [1.82, 2.24) is 0 Å². The molecule has 8 heteroatoms. The van der Waals surface area contributed by atoms with Crippen LogP contribution in [0.2, 0.25) is 10.0 Å². The minimum atomic E-state index is -0.659. The van der Waals surface area contributed by atoms with Gasteiger partial charge in [-0.25, -0.2) is 14.6 Å². The van der Waals surface area contributed by atoms with Crippen LogP contribution < -0.4 is 9.47 Å². The summed E-state index contributed by atoms with van der Waals surface area (Å²) in [6.45, 7) is 1.94. The summed E-state index contributed by atoms with van der Waals surface area (Å²) in [6.07, 6.45) is 1.56. The van der Waals surface area contributed by atoms with E-state index in [-0.39, 0.29) is 33.7 Å². The van der Waals surface area contributed by atoms with Crippen molar-refractivity contribution >= 4 is 47.1 Å². The molecule has 0 unspecified atom stereocenters. The molecule has 4 rings (SSSR count). The highest BCUT2D eigenvalue weighted by atomic mass is 35.5. The van der Waals surface area contributed by atoms with Crippen LogP contribution >= 0.6 is 23.2 Å². The first-order valence-electron chi connectivity index (χ1n) is 9.79. The van der Waals surface area contributed by atoms with Crippen LogP contribution in [0, 0.1) is 6.92 Å². The number of carbonyl (C=O) groups excluding carboxylic acids is 2. The number of esters is 2. The molecule has 1 aliphatic rings. The lowest BCUT2D eigenvalue weighted by Gasteiger charge is -2.11. The minimum Gasteiger partial charge on any atom is -0.493 e. The molecular formula is C25H17Cl2NO5. The fourth-order valence-electron chi connectivity index (χ4n) is 3.14. The number of methoxy groups -OCH3 is 1. The summed E-state index contributed by atoms with van der Waals surface area (Å²) in [6, 6.07) is 16.8. The van der Waals surface area contributed by atoms with Crippen LogP contribution in [-0.2, 0) is 9.53 Å². The number of benzene rings is 3. The Morgan fingerprint density at radius 3 is 2.58 bits per heavy atom. The van der Waals surface area contributed by atoms with Gasteiger partial charge >= 0.3 is 11.9 Å². The topological polar surface area (TPSA) is 74.2 Å². The summed E-state index contributed by atoms with van der Waals surface area (Å²) in [7, 11) is 1.44. The van der Waals surface area contributed by atoms with E-state index in [0.717, 1.165) is 5.56 Å². The predicted octanol–water partition coefficient (Wildman–Crippen LogP) is 5.87. The molecule has 3 aromatic rings. The van der Waals surface area contributed by atoms with Gasteiger partial charge in [-0.05, 0) is 61.0 Å². The Hall–Kier alpha value is -3.61. The molecule has 0 N–H and O–H groups in total. The Kier molecular flexibility index (Phi) is 6.49. The summed E-state index contributed by atoms with van der Waals surface area (Å²) in [5, 5.41) is 0.583. The van der Waals surface area contributed by atoms with Gasteiger partial charge in [0.2, 0.25) is 5.90 Å². The first-order chi connectivity index (χ1) is 15.8. The van der Waals surface area contributed by atoms with E-state index < -0.39 is 11.9 Å². The Bertz CT molecular complexity index is 1330. The molecule has 0 aromatic heterocycles. The second-order valence-electron chi connectivity index (χ2n) is 7.13. The summed E-state index contributed by atoms with van der Waals surface area (Å²) < 4.78 is 16.1. The van der Waals surface area contributed by atoms with E-state index in [1.165, 1.54) is 19.2 Å². The minimum absolute atomic E-state index is 0.145. The second-order valence-corrected chi connectivity index (χ2v) is 7.97. The van der Waals surface area contributed by atoms with Gasteiger partial charge in [-0.1, -0.05) is 47.0 Å². The van der Waals surface area contributed by atoms with Gasteiger partial charge in [0.05, 0.1) is 17.7 Å². The smallest absolute Gasteiger partial charge is 0.363 e. The third-order valence-electron chi connectivity index (χ3n) is 4.73. The van der Waals surface area contributed by atoms with Crippen molar-refractivity contribution in [2.24, 2.45) is 4.99 Å². The van der Waals surface area contributed by atoms with Crippen LogP contribution in [-0.4, -0.2) is 24.9 Å². The number of halogens is 2. The Labute approximate surface area is 200 Å². The van der Waals surface area contributed by atoms with Gasteiger partial charge in [0.1, 0.15) is 0 Å². The fourth-order valence-corrected chi connectivity index (χ4v) is 3.62. The molecule has 0 fully saturated rings. The molecule has 0 bridgehead atoms. The van der Waals surface area contributed by atoms with Crippen molar-refractivity contribution in [3.63, 3.8) is 0 Å². The molecule has 6 nitrogen and oxygen atoms in total. The monoisotopic (exact) mass is 481 g/mol. The maximum atomic E-state index is 12.5. The Morgan fingerprint density at radius 1 is 1.03 bits per heavy atom. The number of aryl methyl sites for hydroxylation is 1. The first kappa shape index (κ1) is 22.6. The molecule has 1 heterocycles. The lowest BCUT2D eigenvalue weighted by Crippen LogP contribution is -2.10. The zero-order chi connectivity index (χ0) is 23.5. The average molecular weight is 482 g/mol.